The van der Waals surface area contributed by atoms with Gasteiger partial charge in [0.25, 0.3) is 5.91 Å². The van der Waals surface area contributed by atoms with Gasteiger partial charge in [0.1, 0.15) is 0 Å². The van der Waals surface area contributed by atoms with Gasteiger partial charge in [-0.25, -0.2) is 4.68 Å². The Morgan fingerprint density at radius 2 is 1.89 bits per heavy atom. The summed E-state index contributed by atoms with van der Waals surface area (Å²) in [6.07, 6.45) is 2.83. The van der Waals surface area contributed by atoms with Crippen LogP contribution in [0.3, 0.4) is 0 Å². The fourth-order valence-electron chi connectivity index (χ4n) is 3.45. The Labute approximate surface area is 168 Å². The van der Waals surface area contributed by atoms with Gasteiger partial charge in [-0.15, -0.1) is 12.4 Å². The summed E-state index contributed by atoms with van der Waals surface area (Å²) in [4.78, 5) is 15.2. The van der Waals surface area contributed by atoms with Gasteiger partial charge in [-0.1, -0.05) is 45.4 Å². The lowest BCUT2D eigenvalue weighted by Gasteiger charge is -2.23. The van der Waals surface area contributed by atoms with Gasteiger partial charge in [0.2, 0.25) is 0 Å². The Morgan fingerprint density at radius 1 is 1.26 bits per heavy atom. The maximum Gasteiger partial charge on any atom is 0.257 e. The van der Waals surface area contributed by atoms with Crippen LogP contribution < -0.4 is 5.73 Å². The molecule has 1 atom stereocenters. The van der Waals surface area contributed by atoms with Crippen molar-refractivity contribution >= 4 is 18.3 Å². The molecule has 2 N–H and O–H groups in total. The molecule has 1 aromatic heterocycles. The van der Waals surface area contributed by atoms with Crippen LogP contribution in [0.1, 0.15) is 55.7 Å². The molecule has 1 fully saturated rings. The van der Waals surface area contributed by atoms with E-state index in [4.69, 9.17) is 10.8 Å². The molecule has 27 heavy (non-hydrogen) atoms. The molecule has 148 valence electrons. The summed E-state index contributed by atoms with van der Waals surface area (Å²) in [5, 5.41) is 4.77. The van der Waals surface area contributed by atoms with Crippen molar-refractivity contribution in [1.82, 2.24) is 14.7 Å². The molecule has 1 aliphatic rings. The van der Waals surface area contributed by atoms with Gasteiger partial charge in [0.05, 0.1) is 16.9 Å². The third-order valence-electron chi connectivity index (χ3n) is 5.29. The first-order valence-corrected chi connectivity index (χ1v) is 9.29. The Kier molecular flexibility index (Phi) is 6.07. The number of carbonyl (C=O) groups excluding carboxylic acids is 1. The van der Waals surface area contributed by atoms with Crippen LogP contribution >= 0.6 is 12.4 Å². The number of carbonyl (C=O) groups is 1. The number of benzene rings is 1. The van der Waals surface area contributed by atoms with E-state index in [9.17, 15) is 4.79 Å². The maximum absolute atomic E-state index is 13.2. The van der Waals surface area contributed by atoms with Crippen molar-refractivity contribution in [2.24, 2.45) is 11.1 Å². The molecular weight excluding hydrogens is 360 g/mol. The number of nitrogens with zero attached hydrogens (tertiary/aromatic N) is 3. The first kappa shape index (κ1) is 21.5. The molecule has 0 bridgehead atoms. The van der Waals surface area contributed by atoms with E-state index in [-0.39, 0.29) is 29.1 Å². The molecule has 1 saturated heterocycles. The van der Waals surface area contributed by atoms with Gasteiger partial charge in [0.15, 0.2) is 0 Å². The number of aromatic nitrogens is 2. The van der Waals surface area contributed by atoms with E-state index < -0.39 is 0 Å². The summed E-state index contributed by atoms with van der Waals surface area (Å²) in [6.45, 7) is 12.6. The van der Waals surface area contributed by atoms with Gasteiger partial charge in [-0.05, 0) is 37.4 Å². The Morgan fingerprint density at radius 3 is 2.41 bits per heavy atom. The van der Waals surface area contributed by atoms with E-state index in [1.165, 1.54) is 5.56 Å². The largest absolute Gasteiger partial charge is 0.338 e. The van der Waals surface area contributed by atoms with Crippen molar-refractivity contribution in [3.8, 4) is 5.69 Å². The molecule has 3 rings (SSSR count). The van der Waals surface area contributed by atoms with Crippen molar-refractivity contribution in [2.75, 3.05) is 19.6 Å². The highest BCUT2D eigenvalue weighted by molar-refractivity contribution is 5.95. The van der Waals surface area contributed by atoms with Crippen molar-refractivity contribution in [1.29, 1.82) is 0 Å². The molecule has 0 aliphatic carbocycles. The average Bonchev–Trinajstić information content (AvgIpc) is 3.20. The minimum Gasteiger partial charge on any atom is -0.338 e. The summed E-state index contributed by atoms with van der Waals surface area (Å²) in [7, 11) is 0. The summed E-state index contributed by atoms with van der Waals surface area (Å²) >= 11 is 0. The van der Waals surface area contributed by atoms with Crippen LogP contribution in [0.5, 0.6) is 0 Å². The van der Waals surface area contributed by atoms with Crippen molar-refractivity contribution < 1.29 is 4.79 Å². The number of hydrogen-bond donors (Lipinski definition) is 1. The lowest BCUT2D eigenvalue weighted by atomic mass is 9.89. The second-order valence-electron chi connectivity index (χ2n) is 8.91. The van der Waals surface area contributed by atoms with E-state index in [0.29, 0.717) is 18.7 Å². The monoisotopic (exact) mass is 390 g/mol. The lowest BCUT2D eigenvalue weighted by molar-refractivity contribution is 0.0774. The summed E-state index contributed by atoms with van der Waals surface area (Å²) in [5.41, 5.74) is 9.41. The predicted octanol–water partition coefficient (Wildman–Crippen LogP) is 3.71. The minimum atomic E-state index is -0.210. The number of amides is 1. The molecule has 0 spiro atoms. The van der Waals surface area contributed by atoms with E-state index in [1.807, 2.05) is 27.9 Å². The second-order valence-corrected chi connectivity index (χ2v) is 8.91. The highest BCUT2D eigenvalue weighted by Crippen LogP contribution is 2.32. The molecule has 1 aliphatic heterocycles. The van der Waals surface area contributed by atoms with Crippen LogP contribution in [0.4, 0.5) is 0 Å². The number of hydrogen-bond acceptors (Lipinski definition) is 3. The van der Waals surface area contributed by atoms with E-state index in [0.717, 1.165) is 24.3 Å². The predicted molar refractivity (Wildman–Crippen MR) is 112 cm³/mol. The summed E-state index contributed by atoms with van der Waals surface area (Å²) in [6, 6.07) is 8.18. The van der Waals surface area contributed by atoms with Gasteiger partial charge in [0, 0.05) is 24.7 Å². The van der Waals surface area contributed by atoms with Gasteiger partial charge < -0.3 is 10.6 Å². The third-order valence-corrected chi connectivity index (χ3v) is 5.29. The van der Waals surface area contributed by atoms with Crippen LogP contribution in [-0.4, -0.2) is 40.2 Å². The molecule has 2 heterocycles. The molecule has 1 amide bonds. The number of halogens is 1. The topological polar surface area (TPSA) is 64.2 Å². The van der Waals surface area contributed by atoms with Gasteiger partial charge >= 0.3 is 0 Å². The first-order valence-electron chi connectivity index (χ1n) is 9.29. The Hall–Kier alpha value is -1.85. The molecule has 1 unspecified atom stereocenters. The highest BCUT2D eigenvalue weighted by Gasteiger charge is 2.37. The van der Waals surface area contributed by atoms with Crippen LogP contribution in [-0.2, 0) is 5.41 Å². The van der Waals surface area contributed by atoms with Crippen molar-refractivity contribution in [2.45, 2.75) is 46.5 Å². The molecule has 0 saturated carbocycles. The highest BCUT2D eigenvalue weighted by atomic mass is 35.5. The number of nitrogens with two attached hydrogens (primary N) is 1. The molecule has 1 aromatic carbocycles. The molecule has 2 aromatic rings. The maximum atomic E-state index is 13.2. The van der Waals surface area contributed by atoms with E-state index >= 15 is 0 Å². The quantitative estimate of drug-likeness (QED) is 0.868. The smallest absolute Gasteiger partial charge is 0.257 e. The zero-order valence-corrected chi connectivity index (χ0v) is 17.8. The number of rotatable bonds is 3. The Balaban J connectivity index is 0.00000261. The van der Waals surface area contributed by atoms with Gasteiger partial charge in [-0.3, -0.25) is 4.79 Å². The zero-order valence-electron chi connectivity index (χ0n) is 17.0. The van der Waals surface area contributed by atoms with Crippen LogP contribution in [0.15, 0.2) is 30.5 Å². The third kappa shape index (κ3) is 4.36. The number of aryl methyl sites for hydroxylation is 1. The lowest BCUT2D eigenvalue weighted by Crippen LogP contribution is -2.35. The van der Waals surface area contributed by atoms with Crippen molar-refractivity contribution in [3.05, 3.63) is 47.3 Å². The first-order chi connectivity index (χ1) is 12.1. The van der Waals surface area contributed by atoms with Crippen LogP contribution in [0, 0.1) is 12.3 Å². The fourth-order valence-corrected chi connectivity index (χ4v) is 3.45. The fraction of sp³-hybridized carbons (Fsp3) is 0.524. The SMILES string of the molecule is Cc1ccc(-n2cc(C(=O)N3CCC(C)(CN)C3)c(C(C)(C)C)n2)cc1.Cl. The second kappa shape index (κ2) is 7.64. The van der Waals surface area contributed by atoms with Crippen molar-refractivity contribution in [3.63, 3.8) is 0 Å². The molecular formula is C21H31ClN4O. The standard InChI is InChI=1S/C21H30N4O.ClH/c1-15-6-8-16(9-7-15)25-12-17(18(23-25)20(2,3)4)19(26)24-11-10-21(5,13-22)14-24;/h6-9,12H,10-11,13-14,22H2,1-5H3;1H. The summed E-state index contributed by atoms with van der Waals surface area (Å²) < 4.78 is 1.82. The molecule has 6 heteroatoms. The van der Waals surface area contributed by atoms with Crippen LogP contribution in [0.2, 0.25) is 0 Å². The van der Waals surface area contributed by atoms with E-state index in [1.54, 1.807) is 0 Å². The molecule has 0 radical (unpaired) electrons. The average molecular weight is 391 g/mol. The molecule has 5 nitrogen and oxygen atoms in total. The Bertz CT molecular complexity index is 807. The van der Waals surface area contributed by atoms with E-state index in [2.05, 4.69) is 46.8 Å². The zero-order chi connectivity index (χ0) is 19.1. The van der Waals surface area contributed by atoms with Gasteiger partial charge in [-0.2, -0.15) is 5.10 Å². The normalized spacial score (nSPS) is 19.9. The minimum absolute atomic E-state index is 0. The van der Waals surface area contributed by atoms with Crippen LogP contribution in [0.25, 0.3) is 5.69 Å². The summed E-state index contributed by atoms with van der Waals surface area (Å²) in [5.74, 6) is 0.0606. The number of likely N-dealkylation sites (tertiary alicyclic amines) is 1.